The maximum atomic E-state index is 8.76. The van der Waals surface area contributed by atoms with Crippen LogP contribution in [0.4, 0.5) is 0 Å². The van der Waals surface area contributed by atoms with Crippen molar-refractivity contribution in [2.75, 3.05) is 19.8 Å². The molecule has 0 bridgehead atoms. The van der Waals surface area contributed by atoms with Crippen molar-refractivity contribution in [3.8, 4) is 0 Å². The first-order valence-corrected chi connectivity index (χ1v) is 5.26. The maximum Gasteiger partial charge on any atom is 0.0785 e. The predicted octanol–water partition coefficient (Wildman–Crippen LogP) is 0.984. The summed E-state index contributed by atoms with van der Waals surface area (Å²) in [6.07, 6.45) is -0.0889. The highest BCUT2D eigenvalue weighted by molar-refractivity contribution is 7.09. The number of ether oxygens (including phenoxy) is 2. The maximum absolute atomic E-state index is 8.76. The lowest BCUT2D eigenvalue weighted by molar-refractivity contribution is -0.0764. The lowest BCUT2D eigenvalue weighted by Gasteiger charge is -2.19. The third kappa shape index (κ3) is 7.65. The molecule has 1 N–H and O–H groups in total. The molecule has 4 nitrogen and oxygen atoms in total. The summed E-state index contributed by atoms with van der Waals surface area (Å²) in [4.78, 5) is 0. The molecule has 0 aliphatic heterocycles. The van der Waals surface area contributed by atoms with Crippen molar-refractivity contribution in [1.29, 1.82) is 0 Å². The summed E-state index contributed by atoms with van der Waals surface area (Å²) in [5.41, 5.74) is 0. The third-order valence-electron chi connectivity index (χ3n) is 1.67. The molecule has 0 heterocycles. The van der Waals surface area contributed by atoms with Crippen LogP contribution in [-0.2, 0) is 14.0 Å². The Bertz CT molecular complexity index is 134. The second kappa shape index (κ2) is 8.57. The molecule has 0 fully saturated rings. The van der Waals surface area contributed by atoms with Gasteiger partial charge in [-0.3, -0.25) is 0 Å². The van der Waals surface area contributed by atoms with Crippen LogP contribution in [0.5, 0.6) is 0 Å². The van der Waals surface area contributed by atoms with Crippen molar-refractivity contribution in [2.45, 2.75) is 39.1 Å². The number of aliphatic hydroxyl groups is 1. The second-order valence-electron chi connectivity index (χ2n) is 3.42. The Morgan fingerprint density at radius 1 is 1.07 bits per heavy atom. The Balaban J connectivity index is 3.47. The molecule has 14 heavy (non-hydrogen) atoms. The first-order chi connectivity index (χ1) is 6.60. The van der Waals surface area contributed by atoms with Gasteiger partial charge in [-0.1, -0.05) is 0 Å². The van der Waals surface area contributed by atoms with Crippen LogP contribution in [0, 0.1) is 0 Å². The molecule has 0 saturated heterocycles. The van der Waals surface area contributed by atoms with Gasteiger partial charge in [-0.25, -0.2) is 0 Å². The molecule has 0 saturated carbocycles. The number of hydrogen-bond donors (Lipinski definition) is 1. The standard InChI is InChI=1S/C9H21O4P/c1-7(4-10)13-9(3)5-11-8(2)6-12-14/h7-10H,4-6,14H2,1-3H3. The molecule has 0 aromatic heterocycles. The monoisotopic (exact) mass is 224 g/mol. The minimum absolute atomic E-state index is 0.0101. The number of aliphatic hydroxyl groups excluding tert-OH is 1. The molecule has 0 amide bonds. The van der Waals surface area contributed by atoms with E-state index in [9.17, 15) is 0 Å². The summed E-state index contributed by atoms with van der Waals surface area (Å²) < 4.78 is 15.7. The van der Waals surface area contributed by atoms with Gasteiger partial charge in [0.2, 0.25) is 0 Å². The van der Waals surface area contributed by atoms with Crippen molar-refractivity contribution < 1.29 is 19.1 Å². The fourth-order valence-electron chi connectivity index (χ4n) is 0.962. The van der Waals surface area contributed by atoms with Gasteiger partial charge in [0.25, 0.3) is 0 Å². The quantitative estimate of drug-likeness (QED) is 0.624. The lowest BCUT2D eigenvalue weighted by atomic mass is 10.3. The van der Waals surface area contributed by atoms with Gasteiger partial charge in [0.15, 0.2) is 0 Å². The fourth-order valence-corrected chi connectivity index (χ4v) is 1.23. The van der Waals surface area contributed by atoms with Gasteiger partial charge in [-0.15, -0.1) is 0 Å². The van der Waals surface area contributed by atoms with E-state index in [1.54, 1.807) is 0 Å². The molecule has 0 aromatic rings. The highest BCUT2D eigenvalue weighted by Gasteiger charge is 2.09. The SMILES string of the molecule is CC(COP)OCC(C)OC(C)CO. The first-order valence-electron chi connectivity index (χ1n) is 4.79. The van der Waals surface area contributed by atoms with E-state index in [-0.39, 0.29) is 24.9 Å². The minimum atomic E-state index is -0.137. The van der Waals surface area contributed by atoms with E-state index < -0.39 is 0 Å². The zero-order valence-corrected chi connectivity index (χ0v) is 10.3. The Morgan fingerprint density at radius 3 is 2.21 bits per heavy atom. The van der Waals surface area contributed by atoms with Crippen LogP contribution in [0.2, 0.25) is 0 Å². The van der Waals surface area contributed by atoms with E-state index >= 15 is 0 Å². The molecular weight excluding hydrogens is 203 g/mol. The zero-order chi connectivity index (χ0) is 11.0. The van der Waals surface area contributed by atoms with Crippen LogP contribution in [0.1, 0.15) is 20.8 Å². The van der Waals surface area contributed by atoms with E-state index in [2.05, 4.69) is 9.47 Å². The number of hydrogen-bond acceptors (Lipinski definition) is 4. The van der Waals surface area contributed by atoms with Crippen LogP contribution in [0.25, 0.3) is 0 Å². The highest BCUT2D eigenvalue weighted by Crippen LogP contribution is 2.01. The van der Waals surface area contributed by atoms with E-state index in [0.29, 0.717) is 13.2 Å². The number of rotatable bonds is 8. The molecule has 0 rings (SSSR count). The minimum Gasteiger partial charge on any atom is -0.394 e. The normalized spacial score (nSPS) is 17.8. The van der Waals surface area contributed by atoms with E-state index in [1.807, 2.05) is 20.8 Å². The van der Waals surface area contributed by atoms with Gasteiger partial charge in [-0.05, 0) is 20.8 Å². The van der Waals surface area contributed by atoms with Gasteiger partial charge in [-0.2, -0.15) is 0 Å². The molecular formula is C9H21O4P. The van der Waals surface area contributed by atoms with E-state index in [4.69, 9.17) is 19.1 Å². The van der Waals surface area contributed by atoms with Crippen molar-refractivity contribution in [3.05, 3.63) is 0 Å². The zero-order valence-electron chi connectivity index (χ0n) is 9.10. The fraction of sp³-hybridized carbons (Fsp3) is 1.00. The molecule has 4 unspecified atom stereocenters. The molecule has 86 valence electrons. The third-order valence-corrected chi connectivity index (χ3v) is 1.86. The first kappa shape index (κ1) is 14.3. The second-order valence-corrected chi connectivity index (χ2v) is 3.75. The van der Waals surface area contributed by atoms with Crippen LogP contribution >= 0.6 is 9.47 Å². The Hall–Kier alpha value is 0.270. The van der Waals surface area contributed by atoms with Gasteiger partial charge < -0.3 is 19.1 Å². The molecule has 0 radical (unpaired) electrons. The van der Waals surface area contributed by atoms with Gasteiger partial charge in [0.1, 0.15) is 0 Å². The highest BCUT2D eigenvalue weighted by atomic mass is 31.0. The summed E-state index contributed by atoms with van der Waals surface area (Å²) in [6, 6.07) is 0. The summed E-state index contributed by atoms with van der Waals surface area (Å²) in [7, 11) is 2.19. The van der Waals surface area contributed by atoms with Crippen LogP contribution in [0.15, 0.2) is 0 Å². The van der Waals surface area contributed by atoms with Crippen molar-refractivity contribution in [1.82, 2.24) is 0 Å². The Kier molecular flexibility index (Phi) is 8.73. The van der Waals surface area contributed by atoms with Crippen LogP contribution < -0.4 is 0 Å². The predicted molar refractivity (Wildman–Crippen MR) is 58.2 cm³/mol. The summed E-state index contributed by atoms with van der Waals surface area (Å²) >= 11 is 0. The molecule has 0 aliphatic rings. The average molecular weight is 224 g/mol. The molecule has 0 aromatic carbocycles. The molecule has 4 atom stereocenters. The van der Waals surface area contributed by atoms with Crippen LogP contribution in [0.3, 0.4) is 0 Å². The molecule has 0 spiro atoms. The summed E-state index contributed by atoms with van der Waals surface area (Å²) in [5, 5.41) is 8.76. The van der Waals surface area contributed by atoms with Gasteiger partial charge >= 0.3 is 0 Å². The van der Waals surface area contributed by atoms with E-state index in [0.717, 1.165) is 0 Å². The van der Waals surface area contributed by atoms with Crippen molar-refractivity contribution in [2.24, 2.45) is 0 Å². The smallest absolute Gasteiger partial charge is 0.0785 e. The largest absolute Gasteiger partial charge is 0.394 e. The van der Waals surface area contributed by atoms with Crippen molar-refractivity contribution >= 4 is 9.47 Å². The summed E-state index contributed by atoms with van der Waals surface area (Å²) in [6.45, 7) is 6.78. The molecule has 5 heteroatoms. The van der Waals surface area contributed by atoms with E-state index in [1.165, 1.54) is 0 Å². The van der Waals surface area contributed by atoms with Crippen molar-refractivity contribution in [3.63, 3.8) is 0 Å². The lowest BCUT2D eigenvalue weighted by Crippen LogP contribution is -2.27. The summed E-state index contributed by atoms with van der Waals surface area (Å²) in [5.74, 6) is 0. The van der Waals surface area contributed by atoms with Gasteiger partial charge in [0, 0.05) is 9.47 Å². The average Bonchev–Trinajstić information content (AvgIpc) is 2.15. The van der Waals surface area contributed by atoms with Crippen LogP contribution in [-0.4, -0.2) is 43.2 Å². The topological polar surface area (TPSA) is 47.9 Å². The van der Waals surface area contributed by atoms with Gasteiger partial charge in [0.05, 0.1) is 38.1 Å². The Labute approximate surface area is 88.2 Å². The molecule has 0 aliphatic carbocycles. The Morgan fingerprint density at radius 2 is 1.71 bits per heavy atom.